The van der Waals surface area contributed by atoms with E-state index in [1.54, 1.807) is 48.5 Å². The van der Waals surface area contributed by atoms with Gasteiger partial charge in [-0.2, -0.15) is 0 Å². The molecule has 0 fully saturated rings. The standard InChI is InChI=1S/C21H18ClN3O2/c22-15-7-6-10-17(13-15)24-20(26)14-23-19-12-5-4-11-18(19)21(27)25-16-8-2-1-3-9-16/h1-13,23H,14H2,(H,24,26)(H,25,27). The second kappa shape index (κ2) is 8.87. The quantitative estimate of drug-likeness (QED) is 0.584. The highest BCUT2D eigenvalue weighted by Crippen LogP contribution is 2.18. The first-order valence-electron chi connectivity index (χ1n) is 8.36. The van der Waals surface area contributed by atoms with E-state index in [0.717, 1.165) is 0 Å². The summed E-state index contributed by atoms with van der Waals surface area (Å²) in [6.07, 6.45) is 0. The van der Waals surface area contributed by atoms with Crippen molar-refractivity contribution in [3.63, 3.8) is 0 Å². The normalized spacial score (nSPS) is 10.1. The summed E-state index contributed by atoms with van der Waals surface area (Å²) in [7, 11) is 0. The van der Waals surface area contributed by atoms with Crippen LogP contribution in [0.5, 0.6) is 0 Å². The number of hydrogen-bond donors (Lipinski definition) is 3. The van der Waals surface area contributed by atoms with Crippen molar-refractivity contribution < 1.29 is 9.59 Å². The SMILES string of the molecule is O=C(CNc1ccccc1C(=O)Nc1ccccc1)Nc1cccc(Cl)c1. The fraction of sp³-hybridized carbons (Fsp3) is 0.0476. The Labute approximate surface area is 162 Å². The second-order valence-electron chi connectivity index (χ2n) is 5.78. The molecule has 3 N–H and O–H groups in total. The number of halogens is 1. The molecule has 0 spiro atoms. The summed E-state index contributed by atoms with van der Waals surface area (Å²) in [5.41, 5.74) is 2.35. The van der Waals surface area contributed by atoms with Gasteiger partial charge in [0.05, 0.1) is 12.1 Å². The molecule has 5 nitrogen and oxygen atoms in total. The molecule has 0 aliphatic heterocycles. The molecule has 3 aromatic rings. The van der Waals surface area contributed by atoms with Crippen molar-refractivity contribution >= 4 is 40.5 Å². The predicted octanol–water partition coefficient (Wildman–Crippen LogP) is 4.64. The van der Waals surface area contributed by atoms with Gasteiger partial charge >= 0.3 is 0 Å². The van der Waals surface area contributed by atoms with Crippen LogP contribution >= 0.6 is 11.6 Å². The summed E-state index contributed by atoms with van der Waals surface area (Å²) in [6.45, 7) is 0.0160. The number of nitrogens with one attached hydrogen (secondary N) is 3. The Kier molecular flexibility index (Phi) is 6.07. The minimum absolute atomic E-state index is 0.0160. The molecule has 0 bridgehead atoms. The number of benzene rings is 3. The van der Waals surface area contributed by atoms with Crippen molar-refractivity contribution in [2.75, 3.05) is 22.5 Å². The van der Waals surface area contributed by atoms with Crippen LogP contribution in [0.3, 0.4) is 0 Å². The summed E-state index contributed by atoms with van der Waals surface area (Å²) in [6, 6.07) is 23.1. The number of carbonyl (C=O) groups excluding carboxylic acids is 2. The van der Waals surface area contributed by atoms with Gasteiger partial charge in [-0.15, -0.1) is 0 Å². The van der Waals surface area contributed by atoms with Crippen LogP contribution in [0.1, 0.15) is 10.4 Å². The molecule has 27 heavy (non-hydrogen) atoms. The largest absolute Gasteiger partial charge is 0.376 e. The van der Waals surface area contributed by atoms with Gasteiger partial charge in [0.25, 0.3) is 5.91 Å². The minimum atomic E-state index is -0.250. The number of anilines is 3. The van der Waals surface area contributed by atoms with E-state index in [1.165, 1.54) is 0 Å². The van der Waals surface area contributed by atoms with Crippen LogP contribution in [0.15, 0.2) is 78.9 Å². The van der Waals surface area contributed by atoms with Crippen molar-refractivity contribution in [1.29, 1.82) is 0 Å². The molecule has 0 radical (unpaired) electrons. The van der Waals surface area contributed by atoms with Gasteiger partial charge in [0, 0.05) is 22.1 Å². The molecule has 6 heteroatoms. The monoisotopic (exact) mass is 379 g/mol. The molecule has 0 aromatic heterocycles. The lowest BCUT2D eigenvalue weighted by Gasteiger charge is -2.12. The third kappa shape index (κ3) is 5.33. The molecule has 3 rings (SSSR count). The zero-order valence-electron chi connectivity index (χ0n) is 14.4. The van der Waals surface area contributed by atoms with Crippen LogP contribution < -0.4 is 16.0 Å². The molecule has 2 amide bonds. The zero-order valence-corrected chi connectivity index (χ0v) is 15.2. The molecular formula is C21H18ClN3O2. The maximum absolute atomic E-state index is 12.5. The Bertz CT molecular complexity index is 945. The molecule has 0 unspecified atom stereocenters. The molecule has 3 aromatic carbocycles. The van der Waals surface area contributed by atoms with Crippen LogP contribution in [0.2, 0.25) is 5.02 Å². The van der Waals surface area contributed by atoms with Crippen molar-refractivity contribution in [1.82, 2.24) is 0 Å². The van der Waals surface area contributed by atoms with Crippen LogP contribution in [0.4, 0.5) is 17.1 Å². The number of hydrogen-bond acceptors (Lipinski definition) is 3. The van der Waals surface area contributed by atoms with Crippen molar-refractivity contribution in [3.8, 4) is 0 Å². The van der Waals surface area contributed by atoms with Crippen molar-refractivity contribution in [3.05, 3.63) is 89.4 Å². The summed E-state index contributed by atoms with van der Waals surface area (Å²) < 4.78 is 0. The maximum Gasteiger partial charge on any atom is 0.257 e. The summed E-state index contributed by atoms with van der Waals surface area (Å²) in [5.74, 6) is -0.491. The number of carbonyl (C=O) groups is 2. The lowest BCUT2D eigenvalue weighted by atomic mass is 10.1. The number of amides is 2. The molecule has 0 saturated heterocycles. The summed E-state index contributed by atoms with van der Waals surface area (Å²) in [5, 5.41) is 9.15. The number of rotatable bonds is 6. The van der Waals surface area contributed by atoms with E-state index in [2.05, 4.69) is 16.0 Å². The zero-order chi connectivity index (χ0) is 19.1. The van der Waals surface area contributed by atoms with Gasteiger partial charge in [0.2, 0.25) is 5.91 Å². The summed E-state index contributed by atoms with van der Waals surface area (Å²) >= 11 is 5.91. The van der Waals surface area contributed by atoms with Gasteiger partial charge in [0.15, 0.2) is 0 Å². The van der Waals surface area contributed by atoms with E-state index >= 15 is 0 Å². The Morgan fingerprint density at radius 1 is 0.778 bits per heavy atom. The van der Waals surface area contributed by atoms with Gasteiger partial charge in [-0.05, 0) is 42.5 Å². The van der Waals surface area contributed by atoms with E-state index in [1.807, 2.05) is 30.3 Å². The van der Waals surface area contributed by atoms with Gasteiger partial charge < -0.3 is 16.0 Å². The topological polar surface area (TPSA) is 70.2 Å². The van der Waals surface area contributed by atoms with E-state index in [4.69, 9.17) is 11.6 Å². The van der Waals surface area contributed by atoms with Crippen molar-refractivity contribution in [2.45, 2.75) is 0 Å². The van der Waals surface area contributed by atoms with Crippen LogP contribution in [0.25, 0.3) is 0 Å². The van der Waals surface area contributed by atoms with E-state index in [-0.39, 0.29) is 18.4 Å². The molecule has 0 aliphatic rings. The Morgan fingerprint density at radius 3 is 2.26 bits per heavy atom. The first kappa shape index (κ1) is 18.5. The van der Waals surface area contributed by atoms with Crippen LogP contribution in [-0.2, 0) is 4.79 Å². The number of para-hydroxylation sites is 2. The minimum Gasteiger partial charge on any atom is -0.376 e. The second-order valence-corrected chi connectivity index (χ2v) is 6.21. The Balaban J connectivity index is 1.63. The third-order valence-corrected chi connectivity index (χ3v) is 3.99. The van der Waals surface area contributed by atoms with E-state index in [9.17, 15) is 9.59 Å². The highest BCUT2D eigenvalue weighted by Gasteiger charge is 2.12. The van der Waals surface area contributed by atoms with Gasteiger partial charge in [0.1, 0.15) is 0 Å². The lowest BCUT2D eigenvalue weighted by Crippen LogP contribution is -2.23. The van der Waals surface area contributed by atoms with E-state index < -0.39 is 0 Å². The molecule has 0 atom stereocenters. The van der Waals surface area contributed by atoms with Gasteiger partial charge in [-0.25, -0.2) is 0 Å². The maximum atomic E-state index is 12.5. The van der Waals surface area contributed by atoms with Gasteiger partial charge in [-0.3, -0.25) is 9.59 Å². The Morgan fingerprint density at radius 2 is 1.48 bits per heavy atom. The molecular weight excluding hydrogens is 362 g/mol. The van der Waals surface area contributed by atoms with Crippen LogP contribution in [0, 0.1) is 0 Å². The van der Waals surface area contributed by atoms with Gasteiger partial charge in [-0.1, -0.05) is 48.0 Å². The third-order valence-electron chi connectivity index (χ3n) is 3.75. The first-order valence-corrected chi connectivity index (χ1v) is 8.74. The van der Waals surface area contributed by atoms with E-state index in [0.29, 0.717) is 27.6 Å². The fourth-order valence-electron chi connectivity index (χ4n) is 2.50. The average Bonchev–Trinajstić information content (AvgIpc) is 2.67. The first-order chi connectivity index (χ1) is 13.1. The lowest BCUT2D eigenvalue weighted by molar-refractivity contribution is -0.114. The predicted molar refractivity (Wildman–Crippen MR) is 109 cm³/mol. The highest BCUT2D eigenvalue weighted by molar-refractivity contribution is 6.30. The fourth-order valence-corrected chi connectivity index (χ4v) is 2.69. The Hall–Kier alpha value is -3.31. The molecule has 136 valence electrons. The molecule has 0 aliphatic carbocycles. The smallest absolute Gasteiger partial charge is 0.257 e. The molecule has 0 saturated carbocycles. The van der Waals surface area contributed by atoms with Crippen LogP contribution in [-0.4, -0.2) is 18.4 Å². The van der Waals surface area contributed by atoms with Crippen molar-refractivity contribution in [2.24, 2.45) is 0 Å². The highest BCUT2D eigenvalue weighted by atomic mass is 35.5. The summed E-state index contributed by atoms with van der Waals surface area (Å²) in [4.78, 5) is 24.7. The molecule has 0 heterocycles. The average molecular weight is 380 g/mol.